The van der Waals surface area contributed by atoms with Crippen LogP contribution >= 0.6 is 0 Å². The molecule has 2 heterocycles. The summed E-state index contributed by atoms with van der Waals surface area (Å²) in [5.74, 6) is 0.663. The number of nitrogens with one attached hydrogen (secondary N) is 1. The van der Waals surface area contributed by atoms with Gasteiger partial charge in [0.15, 0.2) is 0 Å². The molecule has 168 valence electrons. The normalized spacial score (nSPS) is 15.7. The van der Waals surface area contributed by atoms with Gasteiger partial charge in [0, 0.05) is 49.2 Å². The molecule has 2 aromatic rings. The van der Waals surface area contributed by atoms with Crippen LogP contribution in [0.1, 0.15) is 34.8 Å². The van der Waals surface area contributed by atoms with Crippen molar-refractivity contribution in [3.63, 3.8) is 0 Å². The summed E-state index contributed by atoms with van der Waals surface area (Å²) >= 11 is 0. The number of sulfonamides is 1. The molecule has 0 atom stereocenters. The van der Waals surface area contributed by atoms with E-state index in [9.17, 15) is 13.2 Å². The maximum Gasteiger partial charge on any atom is 0.257 e. The van der Waals surface area contributed by atoms with E-state index in [1.165, 1.54) is 10.6 Å². The molecule has 8 nitrogen and oxygen atoms in total. The Labute approximate surface area is 184 Å². The summed E-state index contributed by atoms with van der Waals surface area (Å²) in [6.45, 7) is 2.38. The first-order chi connectivity index (χ1) is 14.7. The number of hydrogen-bond acceptors (Lipinski definition) is 6. The van der Waals surface area contributed by atoms with Crippen molar-refractivity contribution >= 4 is 21.6 Å². The van der Waals surface area contributed by atoms with Gasteiger partial charge in [0.25, 0.3) is 5.91 Å². The number of amides is 1. The third kappa shape index (κ3) is 6.75. The van der Waals surface area contributed by atoms with Crippen molar-refractivity contribution < 1.29 is 17.9 Å². The number of carbonyl (C=O) groups excluding carboxylic acids is 1. The number of benzene rings is 1. The molecular formula is C22H30N4O4S. The third-order valence-electron chi connectivity index (χ3n) is 5.29. The number of likely N-dealkylation sites (N-methyl/N-ethyl adjacent to an activating group) is 1. The Kier molecular flexibility index (Phi) is 7.64. The zero-order valence-electron chi connectivity index (χ0n) is 18.2. The van der Waals surface area contributed by atoms with E-state index in [1.54, 1.807) is 18.3 Å². The zero-order valence-corrected chi connectivity index (χ0v) is 19.1. The molecule has 1 aromatic heterocycles. The Morgan fingerprint density at radius 2 is 1.97 bits per heavy atom. The highest BCUT2D eigenvalue weighted by Crippen LogP contribution is 2.27. The van der Waals surface area contributed by atoms with Crippen molar-refractivity contribution in [2.45, 2.75) is 18.8 Å². The molecule has 1 N–H and O–H groups in total. The molecule has 0 saturated carbocycles. The Hall–Kier alpha value is -2.49. The number of hydrogen-bond donors (Lipinski definition) is 1. The van der Waals surface area contributed by atoms with Gasteiger partial charge in [-0.1, -0.05) is 6.07 Å². The molecule has 3 rings (SSSR count). The van der Waals surface area contributed by atoms with Crippen molar-refractivity contribution in [2.75, 3.05) is 51.9 Å². The molecule has 1 amide bonds. The van der Waals surface area contributed by atoms with E-state index in [0.29, 0.717) is 36.7 Å². The monoisotopic (exact) mass is 446 g/mol. The largest absolute Gasteiger partial charge is 0.492 e. The van der Waals surface area contributed by atoms with Crippen LogP contribution in [0.3, 0.4) is 0 Å². The molecule has 1 aliphatic heterocycles. The lowest BCUT2D eigenvalue weighted by Crippen LogP contribution is -2.37. The molecule has 1 aliphatic rings. The predicted octanol–water partition coefficient (Wildman–Crippen LogP) is 2.41. The summed E-state index contributed by atoms with van der Waals surface area (Å²) < 4.78 is 30.5. The fourth-order valence-electron chi connectivity index (χ4n) is 3.48. The first-order valence-corrected chi connectivity index (χ1v) is 12.2. The number of aromatic nitrogens is 1. The maximum atomic E-state index is 12.6. The van der Waals surface area contributed by atoms with Crippen LogP contribution in [0.15, 0.2) is 42.6 Å². The highest BCUT2D eigenvalue weighted by atomic mass is 32.2. The lowest BCUT2D eigenvalue weighted by Gasteiger charge is -2.29. The number of carbonyl (C=O) groups is 1. The van der Waals surface area contributed by atoms with Gasteiger partial charge in [-0.3, -0.25) is 9.78 Å². The van der Waals surface area contributed by atoms with Gasteiger partial charge in [-0.25, -0.2) is 12.7 Å². The minimum atomic E-state index is -3.14. The lowest BCUT2D eigenvalue weighted by molar-refractivity contribution is 0.102. The van der Waals surface area contributed by atoms with E-state index >= 15 is 0 Å². The van der Waals surface area contributed by atoms with E-state index in [2.05, 4.69) is 10.3 Å². The Bertz CT molecular complexity index is 985. The first kappa shape index (κ1) is 23.2. The van der Waals surface area contributed by atoms with Crippen LogP contribution in [0.5, 0.6) is 5.75 Å². The number of piperidine rings is 1. The minimum absolute atomic E-state index is 0.200. The number of nitrogens with zero attached hydrogens (tertiary/aromatic N) is 3. The molecule has 1 saturated heterocycles. The topological polar surface area (TPSA) is 91.8 Å². The van der Waals surface area contributed by atoms with Gasteiger partial charge in [0.05, 0.1) is 11.8 Å². The van der Waals surface area contributed by atoms with Gasteiger partial charge in [-0.2, -0.15) is 0 Å². The van der Waals surface area contributed by atoms with Crippen LogP contribution in [-0.4, -0.2) is 75.1 Å². The first-order valence-electron chi connectivity index (χ1n) is 10.3. The SMILES string of the molecule is CN(C)CCOc1cccc(NC(=O)c2ccc(C3CCN(S(C)(=O)=O)CC3)nc2)c1. The Morgan fingerprint density at radius 3 is 2.58 bits per heavy atom. The number of rotatable bonds is 8. The van der Waals surface area contributed by atoms with Gasteiger partial charge < -0.3 is 15.0 Å². The standard InChI is InChI=1S/C22H30N4O4S/c1-25(2)13-14-30-20-6-4-5-19(15-20)24-22(27)18-7-8-21(23-16-18)17-9-11-26(12-10-17)31(3,28)29/h4-8,15-17H,9-14H2,1-3H3,(H,24,27). The molecular weight excluding hydrogens is 416 g/mol. The summed E-state index contributed by atoms with van der Waals surface area (Å²) in [6.07, 6.45) is 4.27. The van der Waals surface area contributed by atoms with E-state index in [-0.39, 0.29) is 11.8 Å². The summed E-state index contributed by atoms with van der Waals surface area (Å²) in [7, 11) is 0.825. The van der Waals surface area contributed by atoms with E-state index in [4.69, 9.17) is 4.74 Å². The second-order valence-corrected chi connectivity index (χ2v) is 10.0. The van der Waals surface area contributed by atoms with Crippen molar-refractivity contribution in [1.82, 2.24) is 14.2 Å². The maximum absolute atomic E-state index is 12.6. The number of ether oxygens (including phenoxy) is 1. The van der Waals surface area contributed by atoms with Gasteiger partial charge in [0.2, 0.25) is 10.0 Å². The molecule has 0 bridgehead atoms. The van der Waals surface area contributed by atoms with Crippen molar-refractivity contribution in [1.29, 1.82) is 0 Å². The predicted molar refractivity (Wildman–Crippen MR) is 121 cm³/mol. The second kappa shape index (κ2) is 10.2. The van der Waals surface area contributed by atoms with Crippen LogP contribution in [-0.2, 0) is 10.0 Å². The lowest BCUT2D eigenvalue weighted by atomic mass is 9.94. The molecule has 9 heteroatoms. The summed E-state index contributed by atoms with van der Waals surface area (Å²) in [5.41, 5.74) is 2.02. The fraction of sp³-hybridized carbons (Fsp3) is 0.455. The molecule has 0 spiro atoms. The van der Waals surface area contributed by atoms with Crippen molar-refractivity contribution in [3.05, 3.63) is 53.9 Å². The van der Waals surface area contributed by atoms with E-state index in [1.807, 2.05) is 43.3 Å². The van der Waals surface area contributed by atoms with Crippen LogP contribution in [0.2, 0.25) is 0 Å². The molecule has 1 fully saturated rings. The van der Waals surface area contributed by atoms with Crippen LogP contribution < -0.4 is 10.1 Å². The third-order valence-corrected chi connectivity index (χ3v) is 6.59. The highest BCUT2D eigenvalue weighted by Gasteiger charge is 2.26. The van der Waals surface area contributed by atoms with Gasteiger partial charge >= 0.3 is 0 Å². The second-order valence-electron chi connectivity index (χ2n) is 8.04. The molecule has 31 heavy (non-hydrogen) atoms. The van der Waals surface area contributed by atoms with Crippen LogP contribution in [0.4, 0.5) is 5.69 Å². The van der Waals surface area contributed by atoms with Gasteiger partial charge in [-0.05, 0) is 51.2 Å². The minimum Gasteiger partial charge on any atom is -0.492 e. The van der Waals surface area contributed by atoms with Gasteiger partial charge in [0.1, 0.15) is 12.4 Å². The Morgan fingerprint density at radius 1 is 1.23 bits per heavy atom. The highest BCUT2D eigenvalue weighted by molar-refractivity contribution is 7.88. The summed E-state index contributed by atoms with van der Waals surface area (Å²) in [4.78, 5) is 19.1. The average Bonchev–Trinajstić information content (AvgIpc) is 2.73. The molecule has 0 radical (unpaired) electrons. The quantitative estimate of drug-likeness (QED) is 0.670. The van der Waals surface area contributed by atoms with E-state index in [0.717, 1.165) is 25.1 Å². The van der Waals surface area contributed by atoms with Crippen LogP contribution in [0, 0.1) is 0 Å². The van der Waals surface area contributed by atoms with Gasteiger partial charge in [-0.15, -0.1) is 0 Å². The molecule has 0 unspecified atom stereocenters. The smallest absolute Gasteiger partial charge is 0.257 e. The van der Waals surface area contributed by atoms with Crippen molar-refractivity contribution in [2.24, 2.45) is 0 Å². The van der Waals surface area contributed by atoms with E-state index < -0.39 is 10.0 Å². The van der Waals surface area contributed by atoms with Crippen molar-refractivity contribution in [3.8, 4) is 5.75 Å². The van der Waals surface area contributed by atoms with Crippen LogP contribution in [0.25, 0.3) is 0 Å². The Balaban J connectivity index is 1.56. The fourth-order valence-corrected chi connectivity index (χ4v) is 4.35. The average molecular weight is 447 g/mol. The summed E-state index contributed by atoms with van der Waals surface area (Å²) in [5, 5.41) is 2.88. The number of anilines is 1. The molecule has 0 aliphatic carbocycles. The summed E-state index contributed by atoms with van der Waals surface area (Å²) in [6, 6.07) is 10.9. The molecule has 1 aromatic carbocycles. The number of pyridine rings is 1. The zero-order chi connectivity index (χ0) is 22.4.